The van der Waals surface area contributed by atoms with Crippen LogP contribution in [0.1, 0.15) is 97.8 Å². The number of fused-ring (bicyclic) bond motifs is 5. The number of hydrogen-bond donors (Lipinski definition) is 14. The van der Waals surface area contributed by atoms with E-state index in [0.29, 0.717) is 30.1 Å². The molecule has 60 heavy (non-hydrogen) atoms. The molecule has 0 heterocycles. The number of hydrogen-bond acceptors (Lipinski definition) is 15. The Labute approximate surface area is 353 Å². The fraction of sp³-hybridized carbons (Fsp3) is 0.929. The molecule has 0 aromatic heterocycles. The quantitative estimate of drug-likeness (QED) is 0.0486. The highest BCUT2D eigenvalue weighted by Gasteiger charge is 2.63. The van der Waals surface area contributed by atoms with Crippen molar-refractivity contribution in [1.29, 1.82) is 0 Å². The molecule has 18 heteroatoms. The van der Waals surface area contributed by atoms with Crippen LogP contribution in [0.2, 0.25) is 0 Å². The van der Waals surface area contributed by atoms with Crippen LogP contribution in [-0.4, -0.2) is 184 Å². The van der Waals surface area contributed by atoms with Crippen molar-refractivity contribution in [1.82, 2.24) is 15.5 Å². The van der Waals surface area contributed by atoms with E-state index in [0.717, 1.165) is 51.4 Å². The van der Waals surface area contributed by atoms with Crippen LogP contribution in [0.15, 0.2) is 0 Å². The maximum atomic E-state index is 13.8. The van der Waals surface area contributed by atoms with Gasteiger partial charge in [-0.2, -0.15) is 0 Å². The molecular formula is C42H75N3O15. The van der Waals surface area contributed by atoms with Crippen LogP contribution in [0.3, 0.4) is 0 Å². The summed E-state index contributed by atoms with van der Waals surface area (Å²) in [5.74, 6) is -0.145. The van der Waals surface area contributed by atoms with E-state index in [2.05, 4.69) is 31.4 Å². The monoisotopic (exact) mass is 862 g/mol. The predicted octanol–water partition coefficient (Wildman–Crippen LogP) is -2.89. The average molecular weight is 862 g/mol. The maximum absolute atomic E-state index is 13.8. The smallest absolute Gasteiger partial charge is 0.251 e. The molecule has 0 radical (unpaired) electrons. The third-order valence-corrected chi connectivity index (χ3v) is 15.5. The Morgan fingerprint density at radius 2 is 1.23 bits per heavy atom. The number of amides is 3. The van der Waals surface area contributed by atoms with Crippen LogP contribution in [-0.2, 0) is 14.4 Å². The minimum atomic E-state index is -2.11. The summed E-state index contributed by atoms with van der Waals surface area (Å²) >= 11 is 0. The van der Waals surface area contributed by atoms with E-state index < -0.39 is 80.0 Å². The summed E-state index contributed by atoms with van der Waals surface area (Å²) in [4.78, 5) is 40.3. The fourth-order valence-electron chi connectivity index (χ4n) is 11.8. The highest BCUT2D eigenvalue weighted by atomic mass is 16.4. The topological polar surface area (TPSA) is 321 Å². The summed E-state index contributed by atoms with van der Waals surface area (Å²) < 4.78 is 0. The SMILES string of the molecule is C[C@H](CCC(=O)N(CCCNC(=O)[C@H](O)[C@H](O)[C@@H](O)[C@H](O)CO)CCCNC(=O)[C@H](O)[C@H](O)[C@H](O)[C@H](O)CO)[C@@H]1CC[C@H]2[C@H]3CC[C@@H]4C[C@H](O)CC[C@]4(C)[C@H]3C[C@@H](O)[C@@]21C. The minimum absolute atomic E-state index is 0.0491. The van der Waals surface area contributed by atoms with Gasteiger partial charge in [0.1, 0.15) is 36.6 Å². The van der Waals surface area contributed by atoms with Gasteiger partial charge in [0.15, 0.2) is 12.2 Å². The first-order valence-corrected chi connectivity index (χ1v) is 22.1. The van der Waals surface area contributed by atoms with Gasteiger partial charge in [-0.05, 0) is 117 Å². The van der Waals surface area contributed by atoms with Crippen LogP contribution in [0.4, 0.5) is 0 Å². The largest absolute Gasteiger partial charge is 0.394 e. The van der Waals surface area contributed by atoms with Crippen molar-refractivity contribution < 1.29 is 75.7 Å². The second kappa shape index (κ2) is 22.0. The number of rotatable bonds is 22. The van der Waals surface area contributed by atoms with Crippen LogP contribution >= 0.6 is 0 Å². The van der Waals surface area contributed by atoms with Crippen molar-refractivity contribution in [3.8, 4) is 0 Å². The molecule has 4 aliphatic carbocycles. The summed E-state index contributed by atoms with van der Waals surface area (Å²) in [6, 6.07) is 0. The molecule has 14 N–H and O–H groups in total. The highest BCUT2D eigenvalue weighted by Crippen LogP contribution is 2.68. The molecule has 0 bridgehead atoms. The molecule has 0 unspecified atom stereocenters. The van der Waals surface area contributed by atoms with Crippen LogP contribution in [0.5, 0.6) is 0 Å². The van der Waals surface area contributed by atoms with E-state index in [1.807, 2.05) is 0 Å². The van der Waals surface area contributed by atoms with E-state index in [1.165, 1.54) is 0 Å². The zero-order valence-corrected chi connectivity index (χ0v) is 35.5. The third-order valence-electron chi connectivity index (χ3n) is 15.5. The second-order valence-corrected chi connectivity index (χ2v) is 18.9. The zero-order chi connectivity index (χ0) is 44.7. The van der Waals surface area contributed by atoms with Gasteiger partial charge >= 0.3 is 0 Å². The molecule has 0 aromatic rings. The Kier molecular flexibility index (Phi) is 18.6. The molecule has 0 aromatic carbocycles. The van der Waals surface area contributed by atoms with Crippen molar-refractivity contribution in [2.75, 3.05) is 39.4 Å². The van der Waals surface area contributed by atoms with Gasteiger partial charge in [0.2, 0.25) is 5.91 Å². The Morgan fingerprint density at radius 3 is 1.75 bits per heavy atom. The Morgan fingerprint density at radius 1 is 0.700 bits per heavy atom. The molecule has 3 amide bonds. The van der Waals surface area contributed by atoms with Gasteiger partial charge in [0.25, 0.3) is 11.8 Å². The lowest BCUT2D eigenvalue weighted by atomic mass is 9.43. The Bertz CT molecular complexity index is 1350. The van der Waals surface area contributed by atoms with Gasteiger partial charge in [0, 0.05) is 32.6 Å². The van der Waals surface area contributed by atoms with Crippen molar-refractivity contribution >= 4 is 17.7 Å². The number of aliphatic hydroxyl groups is 12. The normalized spacial score (nSPS) is 34.6. The lowest BCUT2D eigenvalue weighted by Gasteiger charge is -2.62. The lowest BCUT2D eigenvalue weighted by Crippen LogP contribution is -2.58. The van der Waals surface area contributed by atoms with Crippen LogP contribution < -0.4 is 10.6 Å². The predicted molar refractivity (Wildman–Crippen MR) is 215 cm³/mol. The molecule has 18 atom stereocenters. The first-order chi connectivity index (χ1) is 28.2. The van der Waals surface area contributed by atoms with E-state index in [9.17, 15) is 65.4 Å². The zero-order valence-electron chi connectivity index (χ0n) is 35.5. The Balaban J connectivity index is 1.35. The molecule has 4 aliphatic rings. The van der Waals surface area contributed by atoms with E-state index in [4.69, 9.17) is 10.2 Å². The van der Waals surface area contributed by atoms with Gasteiger partial charge in [-0.25, -0.2) is 0 Å². The number of nitrogens with one attached hydrogen (secondary N) is 2. The van der Waals surface area contributed by atoms with E-state index in [-0.39, 0.29) is 80.1 Å². The van der Waals surface area contributed by atoms with Crippen molar-refractivity contribution in [2.24, 2.45) is 46.3 Å². The number of nitrogens with zero attached hydrogens (tertiary/aromatic N) is 1. The van der Waals surface area contributed by atoms with Gasteiger partial charge in [-0.3, -0.25) is 14.4 Å². The standard InChI is InChI=1S/C42H75N3O15/c1-22(26-9-10-27-25-8-7-23-18-24(48)12-13-41(23,2)28(25)19-31(51)42(26,27)3)6-11-32(52)45(16-4-14-43-39(59)37(57)35(55)33(53)29(49)20-46)17-5-15-44-40(60)38(58)36(56)34(54)30(50)21-47/h22-31,33-38,46-51,53-58H,4-21H2,1-3H3,(H,43,59)(H,44,60)/t22-,23-,24-,25-,26+,27+,28+,29-,30-,31-,33-,34+,35-,36-,37-,38-,41+,42-/m1/s1. The summed E-state index contributed by atoms with van der Waals surface area (Å²) in [5.41, 5.74) is -0.164. The molecular weight excluding hydrogens is 786 g/mol. The van der Waals surface area contributed by atoms with Crippen LogP contribution in [0, 0.1) is 46.3 Å². The minimum Gasteiger partial charge on any atom is -0.394 e. The van der Waals surface area contributed by atoms with Gasteiger partial charge in [-0.1, -0.05) is 20.8 Å². The molecule has 0 saturated heterocycles. The van der Waals surface area contributed by atoms with Gasteiger partial charge in [-0.15, -0.1) is 0 Å². The van der Waals surface area contributed by atoms with Gasteiger partial charge in [0.05, 0.1) is 25.4 Å². The fourth-order valence-corrected chi connectivity index (χ4v) is 11.8. The first kappa shape index (κ1) is 50.6. The van der Waals surface area contributed by atoms with Crippen LogP contribution in [0.25, 0.3) is 0 Å². The summed E-state index contributed by atoms with van der Waals surface area (Å²) in [5, 5.41) is 124. The molecule has 18 nitrogen and oxygen atoms in total. The van der Waals surface area contributed by atoms with Gasteiger partial charge < -0.3 is 76.8 Å². The van der Waals surface area contributed by atoms with Crippen molar-refractivity contribution in [2.45, 2.75) is 159 Å². The molecule has 0 spiro atoms. The third kappa shape index (κ3) is 11.2. The first-order valence-electron chi connectivity index (χ1n) is 22.1. The number of aliphatic hydroxyl groups excluding tert-OH is 12. The summed E-state index contributed by atoms with van der Waals surface area (Å²) in [7, 11) is 0. The average Bonchev–Trinajstić information content (AvgIpc) is 3.61. The number of carbonyl (C=O) groups is 3. The molecule has 4 fully saturated rings. The lowest BCUT2D eigenvalue weighted by molar-refractivity contribution is -0.175. The highest BCUT2D eigenvalue weighted by molar-refractivity contribution is 5.81. The van der Waals surface area contributed by atoms with Crippen molar-refractivity contribution in [3.63, 3.8) is 0 Å². The summed E-state index contributed by atoms with van der Waals surface area (Å²) in [6.45, 7) is 5.15. The molecule has 4 rings (SSSR count). The van der Waals surface area contributed by atoms with E-state index >= 15 is 0 Å². The molecule has 0 aliphatic heterocycles. The second-order valence-electron chi connectivity index (χ2n) is 18.9. The van der Waals surface area contributed by atoms with E-state index in [1.54, 1.807) is 4.90 Å². The molecule has 348 valence electrons. The molecule has 4 saturated carbocycles. The number of carbonyl (C=O) groups excluding carboxylic acids is 3. The maximum Gasteiger partial charge on any atom is 0.251 e. The summed E-state index contributed by atoms with van der Waals surface area (Å²) in [6.07, 6.45) is -7.85. The van der Waals surface area contributed by atoms with Crippen molar-refractivity contribution in [3.05, 3.63) is 0 Å². The Hall–Kier alpha value is -2.07.